The molecule has 90 valence electrons. The predicted octanol–water partition coefficient (Wildman–Crippen LogP) is 0.254. The average Bonchev–Trinajstić information content (AvgIpc) is 2.14. The van der Waals surface area contributed by atoms with Crippen LogP contribution in [0, 0.1) is 0 Å². The van der Waals surface area contributed by atoms with Crippen LogP contribution >= 0.6 is 0 Å². The smallest absolute Gasteiger partial charge is 0.237 e. The van der Waals surface area contributed by atoms with Crippen LogP contribution in [-0.2, 0) is 4.79 Å². The first kappa shape index (κ1) is 12.9. The van der Waals surface area contributed by atoms with E-state index in [1.54, 1.807) is 24.0 Å². The second-order valence-electron chi connectivity index (χ2n) is 4.52. The van der Waals surface area contributed by atoms with Gasteiger partial charge in [0.25, 0.3) is 0 Å². The van der Waals surface area contributed by atoms with Crippen molar-refractivity contribution in [2.45, 2.75) is 12.5 Å². The van der Waals surface area contributed by atoms with E-state index in [1.807, 2.05) is 4.90 Å². The van der Waals surface area contributed by atoms with Gasteiger partial charge in [0.15, 0.2) is 0 Å². The van der Waals surface area contributed by atoms with E-state index >= 15 is 0 Å². The summed E-state index contributed by atoms with van der Waals surface area (Å²) in [5, 5.41) is 9.54. The SMILES string of the molecule is C=CCN(CC=C)C(=O)CN1CC(C)(O)C1. The molecule has 1 aliphatic heterocycles. The summed E-state index contributed by atoms with van der Waals surface area (Å²) in [6, 6.07) is 0. The molecule has 0 aromatic carbocycles. The Morgan fingerprint density at radius 2 is 1.94 bits per heavy atom. The van der Waals surface area contributed by atoms with Crippen molar-refractivity contribution in [1.29, 1.82) is 0 Å². The van der Waals surface area contributed by atoms with E-state index in [0.29, 0.717) is 32.7 Å². The molecule has 0 aromatic rings. The fourth-order valence-electron chi connectivity index (χ4n) is 1.91. The molecular formula is C12H20N2O2. The van der Waals surface area contributed by atoms with Crippen LogP contribution in [0.4, 0.5) is 0 Å². The molecule has 0 unspecified atom stereocenters. The van der Waals surface area contributed by atoms with Crippen molar-refractivity contribution in [2.24, 2.45) is 0 Å². The number of β-amino-alcohol motifs (C(OH)–C–C–N with tert-alkyl or cyclic N) is 1. The molecule has 0 aromatic heterocycles. The number of amides is 1. The van der Waals surface area contributed by atoms with Crippen molar-refractivity contribution < 1.29 is 9.90 Å². The highest BCUT2D eigenvalue weighted by Crippen LogP contribution is 2.19. The molecule has 1 rings (SSSR count). The molecule has 0 bridgehead atoms. The fourth-order valence-corrected chi connectivity index (χ4v) is 1.91. The first-order chi connectivity index (χ1) is 7.48. The maximum absolute atomic E-state index is 11.8. The Balaban J connectivity index is 2.37. The minimum atomic E-state index is -0.623. The zero-order chi connectivity index (χ0) is 12.2. The summed E-state index contributed by atoms with van der Waals surface area (Å²) in [6.45, 7) is 11.6. The van der Waals surface area contributed by atoms with Crippen molar-refractivity contribution in [1.82, 2.24) is 9.80 Å². The summed E-state index contributed by atoms with van der Waals surface area (Å²) < 4.78 is 0. The van der Waals surface area contributed by atoms with Crippen LogP contribution < -0.4 is 0 Å². The van der Waals surface area contributed by atoms with Crippen LogP contribution in [0.15, 0.2) is 25.3 Å². The number of rotatable bonds is 6. The van der Waals surface area contributed by atoms with Gasteiger partial charge in [0.2, 0.25) is 5.91 Å². The van der Waals surface area contributed by atoms with Gasteiger partial charge in [-0.2, -0.15) is 0 Å². The van der Waals surface area contributed by atoms with E-state index in [2.05, 4.69) is 13.2 Å². The molecule has 1 aliphatic rings. The summed E-state index contributed by atoms with van der Waals surface area (Å²) in [5.74, 6) is 0.0512. The average molecular weight is 224 g/mol. The third-order valence-corrected chi connectivity index (χ3v) is 2.54. The molecule has 4 nitrogen and oxygen atoms in total. The van der Waals surface area contributed by atoms with Crippen molar-refractivity contribution in [3.63, 3.8) is 0 Å². The minimum absolute atomic E-state index is 0.0512. The predicted molar refractivity (Wildman–Crippen MR) is 64.0 cm³/mol. The van der Waals surface area contributed by atoms with Gasteiger partial charge in [-0.1, -0.05) is 12.2 Å². The normalized spacial score (nSPS) is 18.6. The zero-order valence-corrected chi connectivity index (χ0v) is 9.85. The molecule has 16 heavy (non-hydrogen) atoms. The molecule has 0 saturated carbocycles. The van der Waals surface area contributed by atoms with Crippen LogP contribution in [0.1, 0.15) is 6.92 Å². The Hall–Kier alpha value is -1.13. The van der Waals surface area contributed by atoms with Crippen LogP contribution in [0.2, 0.25) is 0 Å². The summed E-state index contributed by atoms with van der Waals surface area (Å²) in [7, 11) is 0. The number of hydrogen-bond acceptors (Lipinski definition) is 3. The summed E-state index contributed by atoms with van der Waals surface area (Å²) in [6.07, 6.45) is 3.40. The molecule has 0 aliphatic carbocycles. The van der Waals surface area contributed by atoms with E-state index in [1.165, 1.54) is 0 Å². The van der Waals surface area contributed by atoms with Crippen LogP contribution in [0.25, 0.3) is 0 Å². The van der Waals surface area contributed by atoms with Gasteiger partial charge < -0.3 is 10.0 Å². The quantitative estimate of drug-likeness (QED) is 0.658. The van der Waals surface area contributed by atoms with E-state index in [-0.39, 0.29) is 5.91 Å². The summed E-state index contributed by atoms with van der Waals surface area (Å²) in [4.78, 5) is 15.5. The summed E-state index contributed by atoms with van der Waals surface area (Å²) in [5.41, 5.74) is -0.623. The Labute approximate surface area is 96.8 Å². The van der Waals surface area contributed by atoms with E-state index in [4.69, 9.17) is 0 Å². The minimum Gasteiger partial charge on any atom is -0.388 e. The molecule has 1 saturated heterocycles. The lowest BCUT2D eigenvalue weighted by atomic mass is 9.97. The second-order valence-corrected chi connectivity index (χ2v) is 4.52. The van der Waals surface area contributed by atoms with Gasteiger partial charge in [0.05, 0.1) is 12.1 Å². The molecule has 1 fully saturated rings. The van der Waals surface area contributed by atoms with Gasteiger partial charge >= 0.3 is 0 Å². The van der Waals surface area contributed by atoms with Crippen LogP contribution in [-0.4, -0.2) is 59.1 Å². The molecule has 1 amide bonds. The number of carbonyl (C=O) groups excluding carboxylic acids is 1. The van der Waals surface area contributed by atoms with Crippen molar-refractivity contribution in [3.8, 4) is 0 Å². The number of likely N-dealkylation sites (tertiary alicyclic amines) is 1. The van der Waals surface area contributed by atoms with E-state index < -0.39 is 5.60 Å². The van der Waals surface area contributed by atoms with Crippen molar-refractivity contribution >= 4 is 5.91 Å². The lowest BCUT2D eigenvalue weighted by molar-refractivity contribution is -0.138. The van der Waals surface area contributed by atoms with Crippen LogP contribution in [0.5, 0.6) is 0 Å². The highest BCUT2D eigenvalue weighted by atomic mass is 16.3. The Bertz CT molecular complexity index is 269. The van der Waals surface area contributed by atoms with Gasteiger partial charge in [0, 0.05) is 26.2 Å². The first-order valence-corrected chi connectivity index (χ1v) is 5.43. The van der Waals surface area contributed by atoms with Crippen molar-refractivity contribution in [3.05, 3.63) is 25.3 Å². The van der Waals surface area contributed by atoms with Gasteiger partial charge in [-0.15, -0.1) is 13.2 Å². The van der Waals surface area contributed by atoms with E-state index in [9.17, 15) is 9.90 Å². The lowest BCUT2D eigenvalue weighted by Gasteiger charge is -2.44. The van der Waals surface area contributed by atoms with E-state index in [0.717, 1.165) is 0 Å². The highest BCUT2D eigenvalue weighted by Gasteiger charge is 2.37. The topological polar surface area (TPSA) is 43.8 Å². The molecular weight excluding hydrogens is 204 g/mol. The maximum Gasteiger partial charge on any atom is 0.237 e. The number of carbonyl (C=O) groups is 1. The van der Waals surface area contributed by atoms with Crippen molar-refractivity contribution in [2.75, 3.05) is 32.7 Å². The number of hydrogen-bond donors (Lipinski definition) is 1. The third kappa shape index (κ3) is 3.47. The molecule has 0 radical (unpaired) electrons. The Morgan fingerprint density at radius 3 is 2.31 bits per heavy atom. The maximum atomic E-state index is 11.8. The fraction of sp³-hybridized carbons (Fsp3) is 0.583. The molecule has 1 heterocycles. The monoisotopic (exact) mass is 224 g/mol. The lowest BCUT2D eigenvalue weighted by Crippen LogP contribution is -2.61. The van der Waals surface area contributed by atoms with Gasteiger partial charge in [-0.3, -0.25) is 9.69 Å². The zero-order valence-electron chi connectivity index (χ0n) is 9.85. The van der Waals surface area contributed by atoms with Gasteiger partial charge in [-0.25, -0.2) is 0 Å². The Morgan fingerprint density at radius 1 is 1.44 bits per heavy atom. The van der Waals surface area contributed by atoms with Crippen LogP contribution in [0.3, 0.4) is 0 Å². The second kappa shape index (κ2) is 5.27. The molecule has 0 atom stereocenters. The number of aliphatic hydroxyl groups is 1. The largest absolute Gasteiger partial charge is 0.388 e. The highest BCUT2D eigenvalue weighted by molar-refractivity contribution is 5.78. The molecule has 1 N–H and O–H groups in total. The van der Waals surface area contributed by atoms with Gasteiger partial charge in [0.1, 0.15) is 0 Å². The van der Waals surface area contributed by atoms with Gasteiger partial charge in [-0.05, 0) is 6.92 Å². The summed E-state index contributed by atoms with van der Waals surface area (Å²) >= 11 is 0. The standard InChI is InChI=1S/C12H20N2O2/c1-4-6-14(7-5-2)11(15)8-13-9-12(3,16)10-13/h4-5,16H,1-2,6-10H2,3H3. The first-order valence-electron chi connectivity index (χ1n) is 5.43. The molecule has 0 spiro atoms. The number of nitrogens with zero attached hydrogens (tertiary/aromatic N) is 2. The third-order valence-electron chi connectivity index (χ3n) is 2.54. The Kier molecular flexibility index (Phi) is 4.26. The molecule has 4 heteroatoms.